The number of benzene rings is 7. The number of hydrogen-bond acceptors (Lipinski definition) is 4. The van der Waals surface area contributed by atoms with Gasteiger partial charge in [0.2, 0.25) is 0 Å². The fourth-order valence-electron chi connectivity index (χ4n) is 9.04. The van der Waals surface area contributed by atoms with Crippen molar-refractivity contribution in [2.45, 2.75) is 34.5 Å². The minimum atomic E-state index is -0.497. The van der Waals surface area contributed by atoms with Gasteiger partial charge in [0.15, 0.2) is 17.5 Å². The third kappa shape index (κ3) is 5.71. The van der Waals surface area contributed by atoms with E-state index in [4.69, 9.17) is 15.0 Å². The second kappa shape index (κ2) is 13.8. The van der Waals surface area contributed by atoms with Crippen LogP contribution < -0.4 is 0 Å². The van der Waals surface area contributed by atoms with Gasteiger partial charge in [-0.05, 0) is 93.1 Å². The largest absolute Gasteiger partial charge is 0.208 e. The van der Waals surface area contributed by atoms with Gasteiger partial charge in [-0.3, -0.25) is 0 Å². The first-order valence-corrected chi connectivity index (χ1v) is 20.5. The Hall–Kier alpha value is -6.62. The maximum Gasteiger partial charge on any atom is 0.164 e. The van der Waals surface area contributed by atoms with Gasteiger partial charge >= 0.3 is 0 Å². The molecule has 0 unspecified atom stereocenters. The molecule has 2 aliphatic carbocycles. The molecule has 3 aliphatic rings. The molecule has 0 saturated heterocycles. The van der Waals surface area contributed by atoms with Crippen LogP contribution in [0, 0.1) is 0 Å². The zero-order valence-corrected chi connectivity index (χ0v) is 32.1. The molecule has 2 heterocycles. The first-order valence-electron chi connectivity index (χ1n) is 19.7. The number of fused-ring (bicyclic) bond motifs is 8. The van der Waals surface area contributed by atoms with Crippen molar-refractivity contribution in [3.05, 3.63) is 227 Å². The molecule has 0 bridgehead atoms. The lowest BCUT2D eigenvalue weighted by molar-refractivity contribution is 0.669. The Morgan fingerprint density at radius 2 is 0.912 bits per heavy atom. The molecule has 0 fully saturated rings. The van der Waals surface area contributed by atoms with Gasteiger partial charge in [0.25, 0.3) is 0 Å². The molecule has 3 nitrogen and oxygen atoms in total. The van der Waals surface area contributed by atoms with Gasteiger partial charge < -0.3 is 0 Å². The van der Waals surface area contributed by atoms with Crippen molar-refractivity contribution in [3.63, 3.8) is 0 Å². The summed E-state index contributed by atoms with van der Waals surface area (Å²) in [6.07, 6.45) is 9.86. The van der Waals surface area contributed by atoms with Crippen molar-refractivity contribution in [1.82, 2.24) is 15.0 Å². The molecule has 1 aliphatic heterocycles. The summed E-state index contributed by atoms with van der Waals surface area (Å²) in [4.78, 5) is 18.2. The number of hydrogen-bond donors (Lipinski definition) is 0. The summed E-state index contributed by atoms with van der Waals surface area (Å²) in [6, 6.07) is 61.5. The van der Waals surface area contributed by atoms with E-state index in [0.29, 0.717) is 17.5 Å². The lowest BCUT2D eigenvalue weighted by atomic mass is 9.59. The van der Waals surface area contributed by atoms with Crippen molar-refractivity contribution >= 4 is 17.3 Å². The molecule has 0 saturated carbocycles. The van der Waals surface area contributed by atoms with Crippen molar-refractivity contribution in [2.75, 3.05) is 0 Å². The molecule has 7 aromatic carbocycles. The van der Waals surface area contributed by atoms with Crippen LogP contribution in [-0.2, 0) is 11.8 Å². The second-order valence-corrected chi connectivity index (χ2v) is 16.1. The average Bonchev–Trinajstić information content (AvgIpc) is 3.29. The van der Waals surface area contributed by atoms with Crippen LogP contribution >= 0.6 is 11.8 Å². The molecule has 57 heavy (non-hydrogen) atoms. The molecule has 0 radical (unpaired) electrons. The molecule has 1 spiro atoms. The maximum atomic E-state index is 5.26. The molecule has 8 aromatic rings. The van der Waals surface area contributed by atoms with Gasteiger partial charge in [-0.1, -0.05) is 182 Å². The fraction of sp³-hybridized carbons (Fsp3) is 0.0755. The summed E-state index contributed by atoms with van der Waals surface area (Å²) >= 11 is 1.85. The Balaban J connectivity index is 1.10. The van der Waals surface area contributed by atoms with Crippen LogP contribution in [0.25, 0.3) is 50.9 Å². The van der Waals surface area contributed by atoms with E-state index in [1.807, 2.05) is 17.8 Å². The first-order chi connectivity index (χ1) is 28.2. The predicted molar refractivity (Wildman–Crippen MR) is 233 cm³/mol. The Bertz CT molecular complexity index is 2790. The Kier molecular flexibility index (Phi) is 8.18. The van der Waals surface area contributed by atoms with Crippen molar-refractivity contribution in [1.29, 1.82) is 0 Å². The highest BCUT2D eigenvalue weighted by Crippen LogP contribution is 2.59. The number of rotatable bonds is 5. The van der Waals surface area contributed by atoms with E-state index in [0.717, 1.165) is 41.5 Å². The smallest absolute Gasteiger partial charge is 0.164 e. The van der Waals surface area contributed by atoms with Crippen molar-refractivity contribution in [2.24, 2.45) is 0 Å². The standard InChI is InChI=1S/C53H37N3S/c1-3-13-35(14-4-1)37-23-27-39(28-24-37)50-54-51(40-29-25-38(26-30-40)36-15-5-2-6-16-36)56-52(55-50)43-31-32-49-47(34-43)53(46-21-11-12-22-48(46)57-49)44-19-9-7-17-41(44)33-42-18-8-10-20-45(42)53/h1,3-5,7-32,34H,2,6,33H2. The quantitative estimate of drug-likeness (QED) is 0.176. The van der Waals surface area contributed by atoms with E-state index < -0.39 is 5.41 Å². The minimum Gasteiger partial charge on any atom is -0.208 e. The van der Waals surface area contributed by atoms with E-state index in [9.17, 15) is 0 Å². The summed E-state index contributed by atoms with van der Waals surface area (Å²) < 4.78 is 0. The lowest BCUT2D eigenvalue weighted by Gasteiger charge is -2.46. The van der Waals surface area contributed by atoms with Crippen molar-refractivity contribution in [3.8, 4) is 45.3 Å². The highest BCUT2D eigenvalue weighted by atomic mass is 32.2. The SMILES string of the molecule is C1=CC(c2ccc(-c3nc(-c4ccc(-c5ccccc5)cc4)nc(-c4ccc5c(c4)C4(c6ccccc6Cc6ccccc64)c4ccccc4S5)n3)cc2)=CCC1. The van der Waals surface area contributed by atoms with E-state index in [1.165, 1.54) is 59.9 Å². The summed E-state index contributed by atoms with van der Waals surface area (Å²) in [5.41, 5.74) is 15.2. The van der Waals surface area contributed by atoms with Crippen LogP contribution in [-0.4, -0.2) is 15.0 Å². The van der Waals surface area contributed by atoms with Crippen molar-refractivity contribution < 1.29 is 0 Å². The van der Waals surface area contributed by atoms with E-state index in [2.05, 4.69) is 182 Å². The monoisotopic (exact) mass is 747 g/mol. The molecule has 0 N–H and O–H groups in total. The summed E-state index contributed by atoms with van der Waals surface area (Å²) in [5, 5.41) is 0. The van der Waals surface area contributed by atoms with Crippen LogP contribution in [0.5, 0.6) is 0 Å². The van der Waals surface area contributed by atoms with Crippen LogP contribution in [0.1, 0.15) is 51.8 Å². The fourth-order valence-corrected chi connectivity index (χ4v) is 10.2. The summed E-state index contributed by atoms with van der Waals surface area (Å²) in [6.45, 7) is 0. The third-order valence-corrected chi connectivity index (χ3v) is 12.9. The molecule has 4 heteroatoms. The van der Waals surface area contributed by atoms with Gasteiger partial charge in [0, 0.05) is 26.5 Å². The van der Waals surface area contributed by atoms with Crippen LogP contribution in [0.4, 0.5) is 0 Å². The Morgan fingerprint density at radius 3 is 1.56 bits per heavy atom. The first kappa shape index (κ1) is 33.7. The zero-order valence-electron chi connectivity index (χ0n) is 31.3. The third-order valence-electron chi connectivity index (χ3n) is 11.7. The molecular weight excluding hydrogens is 711 g/mol. The summed E-state index contributed by atoms with van der Waals surface area (Å²) in [7, 11) is 0. The molecule has 270 valence electrons. The van der Waals surface area contributed by atoms with Crippen LogP contribution in [0.15, 0.2) is 198 Å². The van der Waals surface area contributed by atoms with Crippen LogP contribution in [0.3, 0.4) is 0 Å². The highest BCUT2D eigenvalue weighted by molar-refractivity contribution is 7.99. The molecule has 1 aromatic heterocycles. The molecular formula is C53H37N3S. The predicted octanol–water partition coefficient (Wildman–Crippen LogP) is 13.0. The molecule has 11 rings (SSSR count). The van der Waals surface area contributed by atoms with Gasteiger partial charge in [-0.2, -0.15) is 0 Å². The highest BCUT2D eigenvalue weighted by Gasteiger charge is 2.48. The maximum absolute atomic E-state index is 5.26. The van der Waals surface area contributed by atoms with E-state index in [-0.39, 0.29) is 0 Å². The number of nitrogens with zero attached hydrogens (tertiary/aromatic N) is 3. The molecule has 0 atom stereocenters. The van der Waals surface area contributed by atoms with Gasteiger partial charge in [0.1, 0.15) is 0 Å². The topological polar surface area (TPSA) is 38.7 Å². The average molecular weight is 748 g/mol. The second-order valence-electron chi connectivity index (χ2n) is 15.0. The summed E-state index contributed by atoms with van der Waals surface area (Å²) in [5.74, 6) is 1.96. The number of allylic oxidation sites excluding steroid dienone is 4. The van der Waals surface area contributed by atoms with E-state index in [1.54, 1.807) is 0 Å². The van der Waals surface area contributed by atoms with Gasteiger partial charge in [0.05, 0.1) is 5.41 Å². The molecule has 0 amide bonds. The zero-order chi connectivity index (χ0) is 37.8. The van der Waals surface area contributed by atoms with Crippen LogP contribution in [0.2, 0.25) is 0 Å². The Labute approximate surface area is 337 Å². The van der Waals surface area contributed by atoms with Gasteiger partial charge in [-0.15, -0.1) is 0 Å². The Morgan fingerprint density at radius 1 is 0.404 bits per heavy atom. The lowest BCUT2D eigenvalue weighted by Crippen LogP contribution is -2.38. The van der Waals surface area contributed by atoms with E-state index >= 15 is 0 Å². The normalized spacial score (nSPS) is 14.6. The minimum absolute atomic E-state index is 0.497. The van der Waals surface area contributed by atoms with Gasteiger partial charge in [-0.25, -0.2) is 15.0 Å². The number of aromatic nitrogens is 3.